The molecule has 0 N–H and O–H groups in total. The Morgan fingerprint density at radius 3 is 2.47 bits per heavy atom. The maximum absolute atomic E-state index is 11.4. The Balaban J connectivity index is 1.89. The summed E-state index contributed by atoms with van der Waals surface area (Å²) in [5.74, 6) is -0.148. The van der Waals surface area contributed by atoms with Crippen LogP contribution in [0, 0.1) is 0 Å². The average Bonchev–Trinajstić information content (AvgIpc) is 2.45. The van der Waals surface area contributed by atoms with Gasteiger partial charge < -0.3 is 14.2 Å². The van der Waals surface area contributed by atoms with Crippen molar-refractivity contribution in [3.63, 3.8) is 0 Å². The van der Waals surface area contributed by atoms with E-state index in [1.165, 1.54) is 7.11 Å². The highest BCUT2D eigenvalue weighted by Crippen LogP contribution is 2.22. The monoisotopic (exact) mass is 215 g/mol. The SMILES string of the molecule is COC(=O)C1CCN1C1COCCOC1. The minimum Gasteiger partial charge on any atom is -0.468 e. The third-order valence-electron chi connectivity index (χ3n) is 3.00. The van der Waals surface area contributed by atoms with Crippen LogP contribution >= 0.6 is 0 Å². The van der Waals surface area contributed by atoms with E-state index in [2.05, 4.69) is 4.90 Å². The van der Waals surface area contributed by atoms with E-state index < -0.39 is 0 Å². The second-order valence-corrected chi connectivity index (χ2v) is 3.87. The van der Waals surface area contributed by atoms with E-state index in [-0.39, 0.29) is 18.1 Å². The Morgan fingerprint density at radius 2 is 2.00 bits per heavy atom. The molecule has 0 spiro atoms. The lowest BCUT2D eigenvalue weighted by Crippen LogP contribution is -2.59. The lowest BCUT2D eigenvalue weighted by molar-refractivity contribution is -0.155. The van der Waals surface area contributed by atoms with Crippen molar-refractivity contribution in [3.05, 3.63) is 0 Å². The van der Waals surface area contributed by atoms with Crippen LogP contribution in [0.25, 0.3) is 0 Å². The molecule has 5 heteroatoms. The number of likely N-dealkylation sites (tertiary alicyclic amines) is 1. The molecule has 0 amide bonds. The third-order valence-corrected chi connectivity index (χ3v) is 3.00. The summed E-state index contributed by atoms with van der Waals surface area (Å²) in [5.41, 5.74) is 0. The number of carbonyl (C=O) groups excluding carboxylic acids is 1. The van der Waals surface area contributed by atoms with E-state index in [0.29, 0.717) is 26.4 Å². The topological polar surface area (TPSA) is 48.0 Å². The maximum Gasteiger partial charge on any atom is 0.323 e. The average molecular weight is 215 g/mol. The van der Waals surface area contributed by atoms with Crippen molar-refractivity contribution >= 4 is 5.97 Å². The van der Waals surface area contributed by atoms with Gasteiger partial charge in [0.15, 0.2) is 0 Å². The van der Waals surface area contributed by atoms with Gasteiger partial charge in [0.25, 0.3) is 0 Å². The Morgan fingerprint density at radius 1 is 1.33 bits per heavy atom. The Kier molecular flexibility index (Phi) is 3.56. The van der Waals surface area contributed by atoms with Crippen molar-refractivity contribution in [2.24, 2.45) is 0 Å². The van der Waals surface area contributed by atoms with Gasteiger partial charge in [-0.1, -0.05) is 0 Å². The summed E-state index contributed by atoms with van der Waals surface area (Å²) >= 11 is 0. The molecule has 15 heavy (non-hydrogen) atoms. The fourth-order valence-electron chi connectivity index (χ4n) is 2.03. The zero-order valence-electron chi connectivity index (χ0n) is 8.98. The third kappa shape index (κ3) is 2.30. The number of hydrogen-bond acceptors (Lipinski definition) is 5. The second kappa shape index (κ2) is 4.92. The molecular formula is C10H17NO4. The minimum atomic E-state index is -0.148. The first-order valence-electron chi connectivity index (χ1n) is 5.32. The molecule has 2 heterocycles. The molecule has 2 aliphatic heterocycles. The Hall–Kier alpha value is -0.650. The first kappa shape index (κ1) is 10.9. The van der Waals surface area contributed by atoms with Crippen LogP contribution in [0.5, 0.6) is 0 Å². The number of methoxy groups -OCH3 is 1. The summed E-state index contributed by atoms with van der Waals surface area (Å²) in [5, 5.41) is 0. The zero-order chi connectivity index (χ0) is 10.7. The Bertz CT molecular complexity index is 225. The van der Waals surface area contributed by atoms with Crippen molar-refractivity contribution in [2.45, 2.75) is 18.5 Å². The molecule has 2 fully saturated rings. The molecule has 1 atom stereocenters. The van der Waals surface area contributed by atoms with E-state index in [1.54, 1.807) is 0 Å². The lowest BCUT2D eigenvalue weighted by atomic mass is 10.0. The molecule has 0 aromatic carbocycles. The summed E-state index contributed by atoms with van der Waals surface area (Å²) in [7, 11) is 1.43. The number of ether oxygens (including phenoxy) is 3. The van der Waals surface area contributed by atoms with Gasteiger partial charge in [-0.2, -0.15) is 0 Å². The van der Waals surface area contributed by atoms with E-state index in [1.807, 2.05) is 0 Å². The van der Waals surface area contributed by atoms with Crippen molar-refractivity contribution in [3.8, 4) is 0 Å². The molecule has 2 saturated heterocycles. The second-order valence-electron chi connectivity index (χ2n) is 3.87. The molecule has 2 rings (SSSR count). The highest BCUT2D eigenvalue weighted by Gasteiger charge is 2.39. The molecule has 2 aliphatic rings. The van der Waals surface area contributed by atoms with Crippen molar-refractivity contribution in [2.75, 3.05) is 40.1 Å². The number of rotatable bonds is 2. The highest BCUT2D eigenvalue weighted by atomic mass is 16.5. The van der Waals surface area contributed by atoms with E-state index in [4.69, 9.17) is 14.2 Å². The van der Waals surface area contributed by atoms with Crippen LogP contribution < -0.4 is 0 Å². The molecule has 86 valence electrons. The molecule has 0 aromatic rings. The zero-order valence-corrected chi connectivity index (χ0v) is 8.98. The predicted molar refractivity (Wildman–Crippen MR) is 52.6 cm³/mol. The first-order valence-corrected chi connectivity index (χ1v) is 5.32. The van der Waals surface area contributed by atoms with Crippen molar-refractivity contribution < 1.29 is 19.0 Å². The van der Waals surface area contributed by atoms with Crippen LogP contribution in [0.2, 0.25) is 0 Å². The minimum absolute atomic E-state index is 0.0923. The molecule has 0 bridgehead atoms. The summed E-state index contributed by atoms with van der Waals surface area (Å²) in [6.07, 6.45) is 0.878. The van der Waals surface area contributed by atoms with E-state index >= 15 is 0 Å². The van der Waals surface area contributed by atoms with Gasteiger partial charge in [-0.05, 0) is 6.42 Å². The summed E-state index contributed by atoms with van der Waals surface area (Å²) in [4.78, 5) is 13.5. The fraction of sp³-hybridized carbons (Fsp3) is 0.900. The van der Waals surface area contributed by atoms with Gasteiger partial charge in [0.1, 0.15) is 6.04 Å². The van der Waals surface area contributed by atoms with Crippen LogP contribution in [0.3, 0.4) is 0 Å². The molecule has 5 nitrogen and oxygen atoms in total. The van der Waals surface area contributed by atoms with Crippen LogP contribution in [-0.2, 0) is 19.0 Å². The number of nitrogens with zero attached hydrogens (tertiary/aromatic N) is 1. The predicted octanol–water partition coefficient (Wildman–Crippen LogP) is -0.351. The van der Waals surface area contributed by atoms with Gasteiger partial charge >= 0.3 is 5.97 Å². The molecule has 0 radical (unpaired) electrons. The number of esters is 1. The summed E-state index contributed by atoms with van der Waals surface area (Å²) in [6, 6.07) is 0.107. The number of hydrogen-bond donors (Lipinski definition) is 0. The maximum atomic E-state index is 11.4. The van der Waals surface area contributed by atoms with Crippen molar-refractivity contribution in [1.29, 1.82) is 0 Å². The first-order chi connectivity index (χ1) is 7.33. The van der Waals surface area contributed by atoms with Gasteiger partial charge in [0.2, 0.25) is 0 Å². The highest BCUT2D eigenvalue weighted by molar-refractivity contribution is 5.76. The Labute approximate surface area is 89.3 Å². The molecular weight excluding hydrogens is 198 g/mol. The largest absolute Gasteiger partial charge is 0.468 e. The van der Waals surface area contributed by atoms with Gasteiger partial charge in [0, 0.05) is 6.54 Å². The quantitative estimate of drug-likeness (QED) is 0.589. The standard InChI is InChI=1S/C10H17NO4/c1-13-10(12)9-2-3-11(9)8-6-14-4-5-15-7-8/h8-9H,2-7H2,1H3. The van der Waals surface area contributed by atoms with Gasteiger partial charge in [-0.15, -0.1) is 0 Å². The van der Waals surface area contributed by atoms with Crippen molar-refractivity contribution in [1.82, 2.24) is 4.90 Å². The fourth-order valence-corrected chi connectivity index (χ4v) is 2.03. The van der Waals surface area contributed by atoms with Crippen LogP contribution in [0.1, 0.15) is 6.42 Å². The van der Waals surface area contributed by atoms with Crippen LogP contribution in [0.4, 0.5) is 0 Å². The van der Waals surface area contributed by atoms with Crippen LogP contribution in [-0.4, -0.2) is 63.0 Å². The van der Waals surface area contributed by atoms with E-state index in [0.717, 1.165) is 13.0 Å². The molecule has 0 aliphatic carbocycles. The van der Waals surface area contributed by atoms with Gasteiger partial charge in [-0.25, -0.2) is 0 Å². The smallest absolute Gasteiger partial charge is 0.323 e. The van der Waals surface area contributed by atoms with Crippen LogP contribution in [0.15, 0.2) is 0 Å². The van der Waals surface area contributed by atoms with E-state index in [9.17, 15) is 4.79 Å². The lowest BCUT2D eigenvalue weighted by Gasteiger charge is -2.43. The van der Waals surface area contributed by atoms with Gasteiger partial charge in [-0.3, -0.25) is 9.69 Å². The molecule has 0 saturated carbocycles. The summed E-state index contributed by atoms with van der Waals surface area (Å²) < 4.78 is 15.6. The summed E-state index contributed by atoms with van der Waals surface area (Å²) in [6.45, 7) is 3.51. The molecule has 0 aromatic heterocycles. The number of carbonyl (C=O) groups is 1. The normalized spacial score (nSPS) is 29.3. The van der Waals surface area contributed by atoms with Gasteiger partial charge in [0.05, 0.1) is 39.6 Å². The molecule has 1 unspecified atom stereocenters.